The molecule has 0 spiro atoms. The first-order chi connectivity index (χ1) is 17.0. The quantitative estimate of drug-likeness (QED) is 0.255. The molecule has 0 N–H and O–H groups in total. The zero-order chi connectivity index (χ0) is 24.8. The number of rotatable bonds is 8. The smallest absolute Gasteiger partial charge is 0.201 e. The van der Waals surface area contributed by atoms with E-state index >= 15 is 0 Å². The first-order valence-electron chi connectivity index (χ1n) is 11.4. The van der Waals surface area contributed by atoms with Crippen LogP contribution in [0, 0.1) is 17.5 Å². The molecule has 5 heteroatoms. The summed E-state index contributed by atoms with van der Waals surface area (Å²) in [7, 11) is 0. The van der Waals surface area contributed by atoms with Gasteiger partial charge in [-0.15, -0.1) is 0 Å². The summed E-state index contributed by atoms with van der Waals surface area (Å²) in [5.41, 5.74) is 4.04. The maximum atomic E-state index is 14.8. The first kappa shape index (κ1) is 24.1. The molecule has 0 amide bonds. The summed E-state index contributed by atoms with van der Waals surface area (Å²) < 4.78 is 54.4. The van der Waals surface area contributed by atoms with Crippen LogP contribution < -0.4 is 9.47 Å². The largest absolute Gasteiger partial charge is 0.491 e. The maximum absolute atomic E-state index is 14.8. The van der Waals surface area contributed by atoms with E-state index in [2.05, 4.69) is 0 Å². The Morgan fingerprint density at radius 1 is 0.686 bits per heavy atom. The second-order valence-electron chi connectivity index (χ2n) is 7.93. The molecule has 178 valence electrons. The molecule has 0 aromatic heterocycles. The number of hydrogen-bond acceptors (Lipinski definition) is 2. The molecule has 0 saturated heterocycles. The standard InChI is InChI=1S/C30H25F3O2/c1-3-5-20-6-12-23(13-7-20)25-15-17-28(30(33)29(25)32)35-19-21-8-10-22(11-9-21)24-14-16-27(34-4-2)26(31)18-24/h3,5-18H,4,19H2,1-2H3/b5-3+. The lowest BCUT2D eigenvalue weighted by molar-refractivity contribution is 0.285. The summed E-state index contributed by atoms with van der Waals surface area (Å²) >= 11 is 0. The van der Waals surface area contributed by atoms with Gasteiger partial charge in [0.2, 0.25) is 5.82 Å². The van der Waals surface area contributed by atoms with E-state index in [1.807, 2.05) is 43.3 Å². The number of benzene rings is 4. The summed E-state index contributed by atoms with van der Waals surface area (Å²) in [6, 6.07) is 22.2. The topological polar surface area (TPSA) is 18.5 Å². The van der Waals surface area contributed by atoms with Gasteiger partial charge >= 0.3 is 0 Å². The van der Waals surface area contributed by atoms with Crippen LogP contribution in [0.5, 0.6) is 11.5 Å². The maximum Gasteiger partial charge on any atom is 0.201 e. The molecule has 0 aliphatic heterocycles. The lowest BCUT2D eigenvalue weighted by Gasteiger charge is -2.11. The molecule has 35 heavy (non-hydrogen) atoms. The molecule has 2 nitrogen and oxygen atoms in total. The fraction of sp³-hybridized carbons (Fsp3) is 0.133. The van der Waals surface area contributed by atoms with Gasteiger partial charge in [0.15, 0.2) is 23.1 Å². The summed E-state index contributed by atoms with van der Waals surface area (Å²) in [5, 5.41) is 0. The van der Waals surface area contributed by atoms with Gasteiger partial charge in [-0.3, -0.25) is 0 Å². The van der Waals surface area contributed by atoms with E-state index in [1.54, 1.807) is 43.3 Å². The van der Waals surface area contributed by atoms with Crippen molar-refractivity contribution in [3.05, 3.63) is 114 Å². The van der Waals surface area contributed by atoms with Crippen molar-refractivity contribution in [3.63, 3.8) is 0 Å². The third-order valence-electron chi connectivity index (χ3n) is 5.54. The summed E-state index contributed by atoms with van der Waals surface area (Å²) in [6.07, 6.45) is 3.84. The Labute approximate surface area is 203 Å². The predicted octanol–water partition coefficient (Wildman–Crippen LogP) is 8.45. The van der Waals surface area contributed by atoms with E-state index in [9.17, 15) is 13.2 Å². The SMILES string of the molecule is C/C=C/c1ccc(-c2ccc(OCc3ccc(-c4ccc(OCC)c(F)c4)cc3)c(F)c2F)cc1. The Kier molecular flexibility index (Phi) is 7.56. The average molecular weight is 475 g/mol. The molecule has 0 fully saturated rings. The van der Waals surface area contributed by atoms with Gasteiger partial charge in [0.05, 0.1) is 6.61 Å². The van der Waals surface area contributed by atoms with Gasteiger partial charge in [-0.1, -0.05) is 66.7 Å². The Morgan fingerprint density at radius 3 is 2.00 bits per heavy atom. The summed E-state index contributed by atoms with van der Waals surface area (Å²) in [4.78, 5) is 0. The highest BCUT2D eigenvalue weighted by Gasteiger charge is 2.16. The monoisotopic (exact) mass is 474 g/mol. The number of ether oxygens (including phenoxy) is 2. The van der Waals surface area contributed by atoms with Gasteiger partial charge in [0, 0.05) is 5.56 Å². The molecular weight excluding hydrogens is 449 g/mol. The zero-order valence-electron chi connectivity index (χ0n) is 19.5. The molecule has 0 bridgehead atoms. The van der Waals surface area contributed by atoms with Gasteiger partial charge in [-0.2, -0.15) is 4.39 Å². The minimum Gasteiger partial charge on any atom is -0.491 e. The van der Waals surface area contributed by atoms with Crippen molar-refractivity contribution < 1.29 is 22.6 Å². The van der Waals surface area contributed by atoms with E-state index in [0.29, 0.717) is 17.7 Å². The first-order valence-corrected chi connectivity index (χ1v) is 11.4. The fourth-order valence-corrected chi connectivity index (χ4v) is 3.74. The molecule has 0 unspecified atom stereocenters. The van der Waals surface area contributed by atoms with Crippen molar-refractivity contribution in [2.45, 2.75) is 20.5 Å². The van der Waals surface area contributed by atoms with Gasteiger partial charge in [0.1, 0.15) is 6.61 Å². The minimum absolute atomic E-state index is 0.0612. The molecule has 0 saturated carbocycles. The van der Waals surface area contributed by atoms with Gasteiger partial charge in [-0.25, -0.2) is 8.78 Å². The van der Waals surface area contributed by atoms with E-state index in [1.165, 1.54) is 18.2 Å². The van der Waals surface area contributed by atoms with Crippen LogP contribution in [-0.2, 0) is 6.61 Å². The summed E-state index contributed by atoms with van der Waals surface area (Å²) in [6.45, 7) is 4.17. The van der Waals surface area contributed by atoms with Gasteiger partial charge < -0.3 is 9.47 Å². The van der Waals surface area contributed by atoms with Crippen molar-refractivity contribution in [2.75, 3.05) is 6.61 Å². The van der Waals surface area contributed by atoms with Crippen molar-refractivity contribution in [3.8, 4) is 33.8 Å². The lowest BCUT2D eigenvalue weighted by atomic mass is 10.0. The lowest BCUT2D eigenvalue weighted by Crippen LogP contribution is -2.00. The van der Waals surface area contributed by atoms with Crippen LogP contribution in [-0.4, -0.2) is 6.61 Å². The van der Waals surface area contributed by atoms with Gasteiger partial charge in [0.25, 0.3) is 0 Å². The second kappa shape index (κ2) is 11.0. The van der Waals surface area contributed by atoms with Crippen LogP contribution in [0.1, 0.15) is 25.0 Å². The van der Waals surface area contributed by atoms with E-state index in [4.69, 9.17) is 9.47 Å². The van der Waals surface area contributed by atoms with Crippen LogP contribution in [0.2, 0.25) is 0 Å². The van der Waals surface area contributed by atoms with Crippen molar-refractivity contribution in [1.82, 2.24) is 0 Å². The second-order valence-corrected chi connectivity index (χ2v) is 7.93. The fourth-order valence-electron chi connectivity index (χ4n) is 3.74. The Hall–Kier alpha value is -3.99. The number of halogens is 3. The normalized spacial score (nSPS) is 11.1. The van der Waals surface area contributed by atoms with E-state index in [0.717, 1.165) is 16.7 Å². The Balaban J connectivity index is 1.45. The molecule has 4 aromatic rings. The summed E-state index contributed by atoms with van der Waals surface area (Å²) in [5.74, 6) is -2.34. The Morgan fingerprint density at radius 2 is 1.34 bits per heavy atom. The molecule has 4 rings (SSSR count). The number of allylic oxidation sites excluding steroid dienone is 1. The Bertz CT molecular complexity index is 1330. The third kappa shape index (κ3) is 5.57. The predicted molar refractivity (Wildman–Crippen MR) is 134 cm³/mol. The van der Waals surface area contributed by atoms with Crippen LogP contribution in [0.3, 0.4) is 0 Å². The molecule has 0 aliphatic rings. The molecular formula is C30H25F3O2. The highest BCUT2D eigenvalue weighted by Crippen LogP contribution is 2.31. The molecule has 0 heterocycles. The molecule has 0 aliphatic carbocycles. The third-order valence-corrected chi connectivity index (χ3v) is 5.54. The zero-order valence-corrected chi connectivity index (χ0v) is 19.5. The van der Waals surface area contributed by atoms with Crippen LogP contribution in [0.25, 0.3) is 28.3 Å². The van der Waals surface area contributed by atoms with Crippen LogP contribution >= 0.6 is 0 Å². The van der Waals surface area contributed by atoms with E-state index < -0.39 is 17.5 Å². The highest BCUT2D eigenvalue weighted by molar-refractivity contribution is 5.67. The van der Waals surface area contributed by atoms with Crippen LogP contribution in [0.4, 0.5) is 13.2 Å². The average Bonchev–Trinajstić information content (AvgIpc) is 2.87. The van der Waals surface area contributed by atoms with E-state index in [-0.39, 0.29) is 23.7 Å². The van der Waals surface area contributed by atoms with Crippen molar-refractivity contribution in [2.24, 2.45) is 0 Å². The minimum atomic E-state index is -1.03. The molecule has 4 aromatic carbocycles. The molecule has 0 atom stereocenters. The van der Waals surface area contributed by atoms with Crippen molar-refractivity contribution >= 4 is 6.08 Å². The van der Waals surface area contributed by atoms with Gasteiger partial charge in [-0.05, 0) is 65.9 Å². The molecule has 0 radical (unpaired) electrons. The highest BCUT2D eigenvalue weighted by atomic mass is 19.2. The van der Waals surface area contributed by atoms with Crippen molar-refractivity contribution in [1.29, 1.82) is 0 Å². The number of hydrogen-bond donors (Lipinski definition) is 0. The van der Waals surface area contributed by atoms with Crippen LogP contribution in [0.15, 0.2) is 84.9 Å².